The second kappa shape index (κ2) is 4.97. The Morgan fingerprint density at radius 2 is 1.82 bits per heavy atom. The van der Waals surface area contributed by atoms with Gasteiger partial charge in [0.05, 0.1) is 10.5 Å². The van der Waals surface area contributed by atoms with Crippen LogP contribution in [0.3, 0.4) is 0 Å². The van der Waals surface area contributed by atoms with E-state index < -0.39 is 0 Å². The van der Waals surface area contributed by atoms with Gasteiger partial charge < -0.3 is 4.98 Å². The zero-order valence-corrected chi connectivity index (χ0v) is 12.3. The predicted octanol–water partition coefficient (Wildman–Crippen LogP) is 4.40. The van der Waals surface area contributed by atoms with E-state index in [4.69, 9.17) is 11.6 Å². The summed E-state index contributed by atoms with van der Waals surface area (Å²) >= 11 is 6.39. The van der Waals surface area contributed by atoms with Gasteiger partial charge in [0, 0.05) is 39.8 Å². The standard InChI is InChI=1S/C18H11ClN2O/c19-14-8-7-13-17(16(14)11-4-3-9-20-10-11)21-15-6-2-1-5-12(15)18(13)22/h1-10H,(H,21,22). The fraction of sp³-hybridized carbons (Fsp3) is 0. The van der Waals surface area contributed by atoms with Crippen molar-refractivity contribution in [3.63, 3.8) is 0 Å². The Balaban J connectivity index is 2.22. The molecule has 1 N–H and O–H groups in total. The van der Waals surface area contributed by atoms with Crippen LogP contribution >= 0.6 is 11.6 Å². The van der Waals surface area contributed by atoms with Crippen molar-refractivity contribution in [2.45, 2.75) is 0 Å². The SMILES string of the molecule is O=c1c2ccccc2[nH]c2c(-c3cccnc3)c(Cl)ccc12. The fourth-order valence-electron chi connectivity index (χ4n) is 2.76. The van der Waals surface area contributed by atoms with Crippen LogP contribution < -0.4 is 5.43 Å². The highest BCUT2D eigenvalue weighted by atomic mass is 35.5. The van der Waals surface area contributed by atoms with E-state index >= 15 is 0 Å². The van der Waals surface area contributed by atoms with Crippen molar-refractivity contribution in [3.05, 3.63) is 76.2 Å². The van der Waals surface area contributed by atoms with Crippen LogP contribution in [-0.4, -0.2) is 9.97 Å². The number of hydrogen-bond donors (Lipinski definition) is 1. The molecular formula is C18H11ClN2O. The van der Waals surface area contributed by atoms with Gasteiger partial charge in [-0.2, -0.15) is 0 Å². The van der Waals surface area contributed by atoms with Gasteiger partial charge in [0.15, 0.2) is 5.43 Å². The molecule has 0 spiro atoms. The molecule has 0 saturated carbocycles. The van der Waals surface area contributed by atoms with Crippen molar-refractivity contribution in [2.75, 3.05) is 0 Å². The molecule has 0 fully saturated rings. The monoisotopic (exact) mass is 306 g/mol. The Bertz CT molecular complexity index is 1060. The van der Waals surface area contributed by atoms with E-state index in [2.05, 4.69) is 9.97 Å². The van der Waals surface area contributed by atoms with Gasteiger partial charge in [0.2, 0.25) is 0 Å². The van der Waals surface area contributed by atoms with Crippen molar-refractivity contribution >= 4 is 33.4 Å². The largest absolute Gasteiger partial charge is 0.354 e. The zero-order valence-electron chi connectivity index (χ0n) is 11.5. The number of nitrogens with one attached hydrogen (secondary N) is 1. The molecule has 0 aliphatic carbocycles. The molecule has 4 heteroatoms. The molecule has 0 bridgehead atoms. The number of pyridine rings is 2. The van der Waals surface area contributed by atoms with Gasteiger partial charge in [0.1, 0.15) is 0 Å². The summed E-state index contributed by atoms with van der Waals surface area (Å²) in [6.07, 6.45) is 3.45. The van der Waals surface area contributed by atoms with Crippen molar-refractivity contribution < 1.29 is 0 Å². The van der Waals surface area contributed by atoms with E-state index in [1.807, 2.05) is 36.4 Å². The summed E-state index contributed by atoms with van der Waals surface area (Å²) in [5.74, 6) is 0. The Hall–Kier alpha value is -2.65. The Morgan fingerprint density at radius 3 is 2.64 bits per heavy atom. The molecule has 2 aromatic carbocycles. The van der Waals surface area contributed by atoms with Crippen LogP contribution in [0.15, 0.2) is 65.7 Å². The zero-order chi connectivity index (χ0) is 15.1. The fourth-order valence-corrected chi connectivity index (χ4v) is 3.03. The Kier molecular flexibility index (Phi) is 2.94. The van der Waals surface area contributed by atoms with Gasteiger partial charge in [-0.15, -0.1) is 0 Å². The van der Waals surface area contributed by atoms with E-state index in [0.29, 0.717) is 15.8 Å². The normalized spacial score (nSPS) is 11.1. The average Bonchev–Trinajstić information content (AvgIpc) is 2.56. The number of benzene rings is 2. The lowest BCUT2D eigenvalue weighted by Crippen LogP contribution is -2.05. The smallest absolute Gasteiger partial charge is 0.197 e. The number of para-hydroxylation sites is 1. The number of H-pyrrole nitrogens is 1. The van der Waals surface area contributed by atoms with Gasteiger partial charge >= 0.3 is 0 Å². The summed E-state index contributed by atoms with van der Waals surface area (Å²) in [5.41, 5.74) is 3.22. The summed E-state index contributed by atoms with van der Waals surface area (Å²) in [6.45, 7) is 0. The minimum absolute atomic E-state index is 0.00570. The molecule has 4 aromatic rings. The molecule has 106 valence electrons. The van der Waals surface area contributed by atoms with Gasteiger partial charge in [-0.3, -0.25) is 9.78 Å². The maximum atomic E-state index is 12.7. The summed E-state index contributed by atoms with van der Waals surface area (Å²) in [4.78, 5) is 20.2. The topological polar surface area (TPSA) is 45.8 Å². The third kappa shape index (κ3) is 1.90. The predicted molar refractivity (Wildman–Crippen MR) is 90.3 cm³/mol. The Morgan fingerprint density at radius 1 is 0.955 bits per heavy atom. The molecule has 4 rings (SSSR count). The highest BCUT2D eigenvalue weighted by Crippen LogP contribution is 2.33. The molecule has 0 radical (unpaired) electrons. The van der Waals surface area contributed by atoms with Crippen LogP contribution in [0.2, 0.25) is 5.02 Å². The third-order valence-corrected chi connectivity index (χ3v) is 4.10. The van der Waals surface area contributed by atoms with Crippen molar-refractivity contribution in [1.82, 2.24) is 9.97 Å². The van der Waals surface area contributed by atoms with Gasteiger partial charge in [-0.05, 0) is 30.3 Å². The van der Waals surface area contributed by atoms with Crippen LogP contribution in [0.25, 0.3) is 32.9 Å². The van der Waals surface area contributed by atoms with E-state index in [9.17, 15) is 4.79 Å². The second-order valence-electron chi connectivity index (χ2n) is 5.09. The lowest BCUT2D eigenvalue weighted by Gasteiger charge is -2.10. The molecule has 2 heterocycles. The van der Waals surface area contributed by atoms with Gasteiger partial charge in [-0.25, -0.2) is 0 Å². The number of hydrogen-bond acceptors (Lipinski definition) is 2. The van der Waals surface area contributed by atoms with E-state index in [1.54, 1.807) is 24.5 Å². The first kappa shape index (κ1) is 13.0. The van der Waals surface area contributed by atoms with Crippen LogP contribution in [0.5, 0.6) is 0 Å². The summed E-state index contributed by atoms with van der Waals surface area (Å²) in [5, 5.41) is 1.89. The maximum Gasteiger partial charge on any atom is 0.197 e. The first-order chi connectivity index (χ1) is 10.8. The molecule has 0 aliphatic heterocycles. The van der Waals surface area contributed by atoms with Crippen molar-refractivity contribution in [3.8, 4) is 11.1 Å². The molecule has 2 aromatic heterocycles. The van der Waals surface area contributed by atoms with E-state index in [1.165, 1.54) is 0 Å². The number of aromatic nitrogens is 2. The number of aromatic amines is 1. The second-order valence-corrected chi connectivity index (χ2v) is 5.49. The van der Waals surface area contributed by atoms with Crippen LogP contribution in [0.1, 0.15) is 0 Å². The number of fused-ring (bicyclic) bond motifs is 2. The Labute approximate surface area is 131 Å². The van der Waals surface area contributed by atoms with E-state index in [0.717, 1.165) is 22.2 Å². The third-order valence-electron chi connectivity index (χ3n) is 3.78. The molecule has 22 heavy (non-hydrogen) atoms. The first-order valence-electron chi connectivity index (χ1n) is 6.89. The van der Waals surface area contributed by atoms with Crippen LogP contribution in [0.4, 0.5) is 0 Å². The average molecular weight is 307 g/mol. The summed E-state index contributed by atoms with van der Waals surface area (Å²) in [6, 6.07) is 14.8. The summed E-state index contributed by atoms with van der Waals surface area (Å²) in [7, 11) is 0. The molecule has 0 amide bonds. The van der Waals surface area contributed by atoms with E-state index in [-0.39, 0.29) is 5.43 Å². The molecule has 3 nitrogen and oxygen atoms in total. The highest BCUT2D eigenvalue weighted by Gasteiger charge is 2.13. The molecular weight excluding hydrogens is 296 g/mol. The summed E-state index contributed by atoms with van der Waals surface area (Å²) < 4.78 is 0. The van der Waals surface area contributed by atoms with Crippen LogP contribution in [-0.2, 0) is 0 Å². The quantitative estimate of drug-likeness (QED) is 0.530. The molecule has 0 atom stereocenters. The molecule has 0 unspecified atom stereocenters. The minimum Gasteiger partial charge on any atom is -0.354 e. The minimum atomic E-state index is 0.00570. The lowest BCUT2D eigenvalue weighted by atomic mass is 10.0. The van der Waals surface area contributed by atoms with Crippen molar-refractivity contribution in [1.29, 1.82) is 0 Å². The van der Waals surface area contributed by atoms with Gasteiger partial charge in [0.25, 0.3) is 0 Å². The molecule has 0 aliphatic rings. The highest BCUT2D eigenvalue weighted by molar-refractivity contribution is 6.35. The maximum absolute atomic E-state index is 12.7. The lowest BCUT2D eigenvalue weighted by molar-refractivity contribution is 1.33. The number of nitrogens with zero attached hydrogens (tertiary/aromatic N) is 1. The van der Waals surface area contributed by atoms with Gasteiger partial charge in [-0.1, -0.05) is 29.8 Å². The molecule has 0 saturated heterocycles. The first-order valence-corrected chi connectivity index (χ1v) is 7.27. The number of halogens is 1. The number of rotatable bonds is 1. The van der Waals surface area contributed by atoms with Crippen LogP contribution in [0, 0.1) is 0 Å². The van der Waals surface area contributed by atoms with Crippen molar-refractivity contribution in [2.24, 2.45) is 0 Å².